The summed E-state index contributed by atoms with van der Waals surface area (Å²) in [5, 5.41) is 6.24. The molecule has 2 N–H and O–H groups in total. The lowest BCUT2D eigenvalue weighted by Crippen LogP contribution is -2.24. The van der Waals surface area contributed by atoms with Gasteiger partial charge in [0.15, 0.2) is 0 Å². The number of nitrogens with zero attached hydrogens (tertiary/aromatic N) is 2. The van der Waals surface area contributed by atoms with Crippen molar-refractivity contribution < 1.29 is 8.42 Å². The van der Waals surface area contributed by atoms with Crippen LogP contribution in [0.3, 0.4) is 0 Å². The average molecular weight is 410 g/mol. The molecule has 0 atom stereocenters. The predicted octanol–water partition coefficient (Wildman–Crippen LogP) is 2.12. The summed E-state index contributed by atoms with van der Waals surface area (Å²) in [5.74, 6) is 0.450. The van der Waals surface area contributed by atoms with Crippen LogP contribution in [-0.4, -0.2) is 23.6 Å². The van der Waals surface area contributed by atoms with Gasteiger partial charge in [-0.3, -0.25) is 5.10 Å². The highest BCUT2D eigenvalue weighted by Gasteiger charge is 2.19. The molecule has 0 radical (unpaired) electrons. The fourth-order valence-corrected chi connectivity index (χ4v) is 4.05. The second-order valence-corrected chi connectivity index (χ2v) is 7.23. The van der Waals surface area contributed by atoms with E-state index in [1.165, 1.54) is 6.33 Å². The third kappa shape index (κ3) is 3.41. The van der Waals surface area contributed by atoms with E-state index in [1.807, 2.05) is 6.92 Å². The van der Waals surface area contributed by atoms with Gasteiger partial charge >= 0.3 is 0 Å². The SMILES string of the molecule is Cc1cc(Br)c(S(=O)(=O)NCc2ncn[nH]2)cc1Br. The average Bonchev–Trinajstić information content (AvgIpc) is 2.84. The number of aromatic nitrogens is 3. The first-order chi connectivity index (χ1) is 8.90. The molecule has 0 spiro atoms. The van der Waals surface area contributed by atoms with Gasteiger partial charge < -0.3 is 0 Å². The Morgan fingerprint density at radius 2 is 2.05 bits per heavy atom. The number of aryl methyl sites for hydroxylation is 1. The van der Waals surface area contributed by atoms with Crippen molar-refractivity contribution in [2.45, 2.75) is 18.4 Å². The van der Waals surface area contributed by atoms with Crippen LogP contribution >= 0.6 is 31.9 Å². The molecule has 0 saturated carbocycles. The van der Waals surface area contributed by atoms with E-state index in [0.717, 1.165) is 10.0 Å². The highest BCUT2D eigenvalue weighted by atomic mass is 79.9. The van der Waals surface area contributed by atoms with E-state index >= 15 is 0 Å². The fourth-order valence-electron chi connectivity index (χ4n) is 1.39. The van der Waals surface area contributed by atoms with Crippen LogP contribution in [0, 0.1) is 6.92 Å². The Hall–Kier alpha value is -0.770. The van der Waals surface area contributed by atoms with Crippen LogP contribution in [0.1, 0.15) is 11.4 Å². The minimum atomic E-state index is -3.62. The molecule has 19 heavy (non-hydrogen) atoms. The topological polar surface area (TPSA) is 87.7 Å². The molecule has 2 aromatic rings. The van der Waals surface area contributed by atoms with Crippen LogP contribution in [0.4, 0.5) is 0 Å². The summed E-state index contributed by atoms with van der Waals surface area (Å²) in [6.45, 7) is 1.94. The van der Waals surface area contributed by atoms with Gasteiger partial charge in [0.2, 0.25) is 10.0 Å². The summed E-state index contributed by atoms with van der Waals surface area (Å²) in [4.78, 5) is 4.02. The van der Waals surface area contributed by atoms with E-state index in [9.17, 15) is 8.42 Å². The van der Waals surface area contributed by atoms with Gasteiger partial charge in [-0.2, -0.15) is 5.10 Å². The van der Waals surface area contributed by atoms with Crippen LogP contribution in [-0.2, 0) is 16.6 Å². The van der Waals surface area contributed by atoms with E-state index in [4.69, 9.17) is 0 Å². The Labute approximate surface area is 127 Å². The van der Waals surface area contributed by atoms with Gasteiger partial charge in [-0.05, 0) is 40.5 Å². The zero-order chi connectivity index (χ0) is 14.0. The number of benzene rings is 1. The number of sulfonamides is 1. The highest BCUT2D eigenvalue weighted by molar-refractivity contribution is 9.11. The van der Waals surface area contributed by atoms with Gasteiger partial charge in [0.1, 0.15) is 12.2 Å². The molecule has 0 aliphatic rings. The van der Waals surface area contributed by atoms with Crippen LogP contribution in [0.2, 0.25) is 0 Å². The van der Waals surface area contributed by atoms with Crippen molar-refractivity contribution in [2.24, 2.45) is 0 Å². The third-order valence-corrected chi connectivity index (χ3v) is 5.61. The molecule has 6 nitrogen and oxygen atoms in total. The molecule has 1 heterocycles. The van der Waals surface area contributed by atoms with Crippen LogP contribution in [0.15, 0.2) is 32.3 Å². The zero-order valence-electron chi connectivity index (χ0n) is 9.81. The summed E-state index contributed by atoms with van der Waals surface area (Å²) >= 11 is 6.58. The summed E-state index contributed by atoms with van der Waals surface area (Å²) < 4.78 is 28.1. The Kier molecular flexibility index (Phi) is 4.39. The van der Waals surface area contributed by atoms with Gasteiger partial charge in [-0.15, -0.1) is 0 Å². The maximum Gasteiger partial charge on any atom is 0.242 e. The molecule has 0 aliphatic carbocycles. The van der Waals surface area contributed by atoms with Crippen LogP contribution < -0.4 is 4.72 Å². The summed E-state index contributed by atoms with van der Waals surface area (Å²) in [6, 6.07) is 3.30. The Bertz CT molecular complexity index is 686. The Morgan fingerprint density at radius 1 is 1.32 bits per heavy atom. The Balaban J connectivity index is 2.27. The molecule has 0 bridgehead atoms. The molecule has 0 aliphatic heterocycles. The number of hydrogen-bond donors (Lipinski definition) is 2. The molecule has 0 saturated heterocycles. The highest BCUT2D eigenvalue weighted by Crippen LogP contribution is 2.28. The monoisotopic (exact) mass is 408 g/mol. The first-order valence-corrected chi connectivity index (χ1v) is 8.26. The van der Waals surface area contributed by atoms with Gasteiger partial charge in [0.25, 0.3) is 0 Å². The lowest BCUT2D eigenvalue weighted by molar-refractivity contribution is 0.579. The van der Waals surface area contributed by atoms with Gasteiger partial charge in [0, 0.05) is 8.95 Å². The number of rotatable bonds is 4. The first-order valence-electron chi connectivity index (χ1n) is 5.19. The quantitative estimate of drug-likeness (QED) is 0.809. The molecule has 0 fully saturated rings. The van der Waals surface area contributed by atoms with E-state index in [2.05, 4.69) is 51.8 Å². The third-order valence-electron chi connectivity index (χ3n) is 2.40. The number of hydrogen-bond acceptors (Lipinski definition) is 4. The van der Waals surface area contributed by atoms with Crippen molar-refractivity contribution in [1.29, 1.82) is 0 Å². The smallest absolute Gasteiger partial charge is 0.242 e. The lowest BCUT2D eigenvalue weighted by Gasteiger charge is -2.09. The molecule has 1 aromatic carbocycles. The Morgan fingerprint density at radius 3 is 2.68 bits per heavy atom. The van der Waals surface area contributed by atoms with E-state index in [1.54, 1.807) is 12.1 Å². The molecular formula is C10H10Br2N4O2S. The second kappa shape index (κ2) is 5.70. The number of aromatic amines is 1. The standard InChI is InChI=1S/C10H10Br2N4O2S/c1-6-2-8(12)9(3-7(6)11)19(17,18)15-4-10-13-5-14-16-10/h2-3,5,15H,4H2,1H3,(H,13,14,16). The normalized spacial score (nSPS) is 11.7. The van der Waals surface area contributed by atoms with E-state index in [0.29, 0.717) is 10.3 Å². The van der Waals surface area contributed by atoms with Crippen LogP contribution in [0.25, 0.3) is 0 Å². The van der Waals surface area contributed by atoms with Crippen molar-refractivity contribution in [3.63, 3.8) is 0 Å². The fraction of sp³-hybridized carbons (Fsp3) is 0.200. The summed E-state index contributed by atoms with van der Waals surface area (Å²) in [6.07, 6.45) is 1.32. The molecular weight excluding hydrogens is 400 g/mol. The van der Waals surface area contributed by atoms with Gasteiger partial charge in [-0.25, -0.2) is 18.1 Å². The van der Waals surface area contributed by atoms with Crippen LogP contribution in [0.5, 0.6) is 0 Å². The molecule has 9 heteroatoms. The predicted molar refractivity (Wildman–Crippen MR) is 77.0 cm³/mol. The summed E-state index contributed by atoms with van der Waals surface area (Å²) in [5.41, 5.74) is 0.945. The van der Waals surface area contributed by atoms with E-state index in [-0.39, 0.29) is 11.4 Å². The van der Waals surface area contributed by atoms with E-state index < -0.39 is 10.0 Å². The van der Waals surface area contributed by atoms with Crippen molar-refractivity contribution in [2.75, 3.05) is 0 Å². The molecule has 0 amide bonds. The van der Waals surface area contributed by atoms with Crippen molar-refractivity contribution in [1.82, 2.24) is 19.9 Å². The van der Waals surface area contributed by atoms with Gasteiger partial charge in [-0.1, -0.05) is 15.9 Å². The van der Waals surface area contributed by atoms with Crippen molar-refractivity contribution in [3.05, 3.63) is 38.8 Å². The largest absolute Gasteiger partial charge is 0.262 e. The second-order valence-electron chi connectivity index (χ2n) is 3.79. The van der Waals surface area contributed by atoms with Crippen molar-refractivity contribution >= 4 is 41.9 Å². The zero-order valence-corrected chi connectivity index (χ0v) is 13.8. The molecule has 1 aromatic heterocycles. The van der Waals surface area contributed by atoms with Crippen molar-refractivity contribution in [3.8, 4) is 0 Å². The lowest BCUT2D eigenvalue weighted by atomic mass is 10.2. The minimum Gasteiger partial charge on any atom is -0.262 e. The first kappa shape index (κ1) is 14.6. The molecule has 0 unspecified atom stereocenters. The molecule has 102 valence electrons. The summed E-state index contributed by atoms with van der Waals surface area (Å²) in [7, 11) is -3.62. The van der Waals surface area contributed by atoms with Gasteiger partial charge in [0.05, 0.1) is 11.4 Å². The minimum absolute atomic E-state index is 0.0558. The number of halogens is 2. The number of H-pyrrole nitrogens is 1. The maximum atomic E-state index is 12.2. The number of nitrogens with one attached hydrogen (secondary N) is 2. The maximum absolute atomic E-state index is 12.2. The molecule has 2 rings (SSSR count).